The number of methoxy groups -OCH3 is 2. The number of rotatable bonds is 8. The number of carbonyl (C=O) groups excluding carboxylic acids is 1. The van der Waals surface area contributed by atoms with E-state index in [1.165, 1.54) is 19.2 Å². The van der Waals surface area contributed by atoms with Gasteiger partial charge < -0.3 is 28.1 Å². The average molecular weight is 670 g/mol. The van der Waals surface area contributed by atoms with Crippen LogP contribution in [0.15, 0.2) is 86.9 Å². The Balaban J connectivity index is 1.53. The Hall–Kier alpha value is -5.29. The fraction of sp³-hybridized carbons (Fsp3) is 0.243. The Morgan fingerprint density at radius 2 is 1.60 bits per heavy atom. The Labute approximate surface area is 278 Å². The molecule has 6 rings (SSSR count). The number of nitrogens with one attached hydrogen (secondary N) is 1. The van der Waals surface area contributed by atoms with E-state index in [9.17, 15) is 18.0 Å². The molecule has 0 saturated heterocycles. The monoisotopic (exact) mass is 669 g/mol. The molecule has 11 heteroatoms. The van der Waals surface area contributed by atoms with Crippen LogP contribution in [0.3, 0.4) is 0 Å². The van der Waals surface area contributed by atoms with Crippen LogP contribution in [-0.2, 0) is 16.5 Å². The van der Waals surface area contributed by atoms with Gasteiger partial charge in [-0.25, -0.2) is 4.79 Å². The van der Waals surface area contributed by atoms with Crippen molar-refractivity contribution in [3.8, 4) is 34.1 Å². The van der Waals surface area contributed by atoms with E-state index in [-0.39, 0.29) is 27.0 Å². The predicted octanol–water partition coefficient (Wildman–Crippen LogP) is 7.22. The van der Waals surface area contributed by atoms with Crippen molar-refractivity contribution in [1.29, 1.82) is 0 Å². The number of hydrogen-bond donors (Lipinski definition) is 1. The lowest BCUT2D eigenvalue weighted by Gasteiger charge is -2.32. The third-order valence-electron chi connectivity index (χ3n) is 8.38. The van der Waals surface area contributed by atoms with Gasteiger partial charge in [0.25, 0.3) is 5.91 Å². The molecular formula is C37H35NO9S. The maximum absolute atomic E-state index is 13.7. The number of fused-ring (bicyclic) bond motifs is 2. The van der Waals surface area contributed by atoms with E-state index in [0.717, 1.165) is 17.5 Å². The predicted molar refractivity (Wildman–Crippen MR) is 182 cm³/mol. The smallest absolute Gasteiger partial charge is 0.364 e. The molecule has 1 aliphatic heterocycles. The van der Waals surface area contributed by atoms with Crippen molar-refractivity contribution < 1.29 is 36.0 Å². The van der Waals surface area contributed by atoms with Crippen molar-refractivity contribution in [2.75, 3.05) is 19.5 Å². The highest BCUT2D eigenvalue weighted by molar-refractivity contribution is 7.87. The number of anilines is 1. The van der Waals surface area contributed by atoms with Crippen LogP contribution >= 0.6 is 0 Å². The molecule has 0 spiro atoms. The van der Waals surface area contributed by atoms with E-state index in [0.29, 0.717) is 40.4 Å². The fourth-order valence-corrected chi connectivity index (χ4v) is 6.70. The lowest BCUT2D eigenvalue weighted by Crippen LogP contribution is -2.32. The van der Waals surface area contributed by atoms with Crippen molar-refractivity contribution in [2.45, 2.75) is 51.0 Å². The third kappa shape index (κ3) is 6.21. The largest absolute Gasteiger partial charge is 0.497 e. The number of amides is 1. The molecule has 10 nitrogen and oxygen atoms in total. The van der Waals surface area contributed by atoms with Crippen molar-refractivity contribution in [2.24, 2.45) is 0 Å². The summed E-state index contributed by atoms with van der Waals surface area (Å²) in [5, 5.41) is 2.72. The van der Waals surface area contributed by atoms with Crippen molar-refractivity contribution in [1.82, 2.24) is 0 Å². The summed E-state index contributed by atoms with van der Waals surface area (Å²) in [5.74, 6) is 0.666. The molecule has 4 aromatic carbocycles. The van der Waals surface area contributed by atoms with E-state index in [1.54, 1.807) is 62.6 Å². The summed E-state index contributed by atoms with van der Waals surface area (Å²) in [6, 6.07) is 19.9. The van der Waals surface area contributed by atoms with E-state index in [2.05, 4.69) is 5.32 Å². The van der Waals surface area contributed by atoms with Gasteiger partial charge in [0.05, 0.1) is 19.6 Å². The van der Waals surface area contributed by atoms with Gasteiger partial charge >= 0.3 is 15.7 Å². The summed E-state index contributed by atoms with van der Waals surface area (Å²) >= 11 is 0. The molecular weight excluding hydrogens is 634 g/mol. The van der Waals surface area contributed by atoms with E-state index in [4.69, 9.17) is 22.8 Å². The number of hydrogen-bond acceptors (Lipinski definition) is 9. The highest BCUT2D eigenvalue weighted by Crippen LogP contribution is 2.44. The number of aryl methyl sites for hydroxylation is 3. The molecule has 1 N–H and O–H groups in total. The fourth-order valence-electron chi connectivity index (χ4n) is 5.74. The van der Waals surface area contributed by atoms with Crippen LogP contribution in [0.4, 0.5) is 5.69 Å². The van der Waals surface area contributed by atoms with Crippen LogP contribution in [0.1, 0.15) is 47.3 Å². The van der Waals surface area contributed by atoms with Gasteiger partial charge in [0.15, 0.2) is 11.4 Å². The first-order valence-electron chi connectivity index (χ1n) is 15.3. The SMILES string of the molecule is COc1ccc(-c2cc3c(OS(=O)(=O)c4ccc(C)cc4)c(NC(=O)c4ccc5c(c4)CCC(C)(C)O5)c(=O)oc3c(C)c2OC)cc1. The van der Waals surface area contributed by atoms with Gasteiger partial charge in [0, 0.05) is 16.7 Å². The second-order valence-electron chi connectivity index (χ2n) is 12.3. The minimum atomic E-state index is -4.50. The zero-order valence-electron chi connectivity index (χ0n) is 27.4. The summed E-state index contributed by atoms with van der Waals surface area (Å²) < 4.78 is 56.0. The molecule has 0 saturated carbocycles. The molecule has 0 atom stereocenters. The zero-order valence-corrected chi connectivity index (χ0v) is 28.2. The van der Waals surface area contributed by atoms with Gasteiger partial charge in [-0.3, -0.25) is 4.79 Å². The zero-order chi connectivity index (χ0) is 34.4. The lowest BCUT2D eigenvalue weighted by molar-refractivity contribution is 0.0846. The second-order valence-corrected chi connectivity index (χ2v) is 13.8. The highest BCUT2D eigenvalue weighted by Gasteiger charge is 2.30. The van der Waals surface area contributed by atoms with Crippen LogP contribution in [0.5, 0.6) is 23.0 Å². The standard InChI is InChI=1S/C37H35NO9S/c1-21-7-14-27(15-8-21)48(41,42)47-34-29-20-28(23-9-12-26(43-5)13-10-23)32(44-6)22(2)33(29)45-36(40)31(34)38-35(39)25-11-16-30-24(19-25)17-18-37(3,4)46-30/h7-16,19-20H,17-18H2,1-6H3,(H,38,39). The lowest BCUT2D eigenvalue weighted by atomic mass is 9.93. The first-order valence-corrected chi connectivity index (χ1v) is 16.7. The first-order chi connectivity index (χ1) is 22.8. The van der Waals surface area contributed by atoms with E-state index < -0.39 is 33.1 Å². The van der Waals surface area contributed by atoms with Gasteiger partial charge in [-0.15, -0.1) is 0 Å². The minimum Gasteiger partial charge on any atom is -0.497 e. The molecule has 248 valence electrons. The molecule has 0 aliphatic carbocycles. The van der Waals surface area contributed by atoms with Gasteiger partial charge in [0.2, 0.25) is 0 Å². The maximum Gasteiger partial charge on any atom is 0.364 e. The Bertz CT molecular complexity index is 2220. The summed E-state index contributed by atoms with van der Waals surface area (Å²) in [4.78, 5) is 27.2. The van der Waals surface area contributed by atoms with E-state index in [1.807, 2.05) is 32.9 Å². The van der Waals surface area contributed by atoms with Crippen LogP contribution in [0.25, 0.3) is 22.1 Å². The molecule has 1 aromatic heterocycles. The van der Waals surface area contributed by atoms with Gasteiger partial charge in [0.1, 0.15) is 33.3 Å². The summed E-state index contributed by atoms with van der Waals surface area (Å²) in [7, 11) is -1.45. The van der Waals surface area contributed by atoms with Gasteiger partial charge in [-0.2, -0.15) is 8.42 Å². The molecule has 0 unspecified atom stereocenters. The van der Waals surface area contributed by atoms with Crippen molar-refractivity contribution in [3.05, 3.63) is 105 Å². The number of ether oxygens (including phenoxy) is 3. The first kappa shape index (κ1) is 32.6. The third-order valence-corrected chi connectivity index (χ3v) is 9.62. The normalized spacial score (nSPS) is 13.7. The molecule has 0 bridgehead atoms. The van der Waals surface area contributed by atoms with E-state index >= 15 is 0 Å². The average Bonchev–Trinajstić information content (AvgIpc) is 3.06. The second kappa shape index (κ2) is 12.4. The number of carbonyl (C=O) groups is 1. The highest BCUT2D eigenvalue weighted by atomic mass is 32.2. The van der Waals surface area contributed by atoms with Crippen molar-refractivity contribution in [3.63, 3.8) is 0 Å². The molecule has 1 amide bonds. The van der Waals surface area contributed by atoms with Crippen LogP contribution in [0.2, 0.25) is 0 Å². The molecule has 5 aromatic rings. The minimum absolute atomic E-state index is 0.0368. The molecule has 0 fully saturated rings. The van der Waals surface area contributed by atoms with Gasteiger partial charge in [-0.1, -0.05) is 29.8 Å². The molecule has 1 aliphatic rings. The Morgan fingerprint density at radius 3 is 2.27 bits per heavy atom. The summed E-state index contributed by atoms with van der Waals surface area (Å²) in [6.45, 7) is 7.51. The van der Waals surface area contributed by atoms with Crippen LogP contribution < -0.4 is 29.3 Å². The number of benzene rings is 4. The Morgan fingerprint density at radius 1 is 0.896 bits per heavy atom. The summed E-state index contributed by atoms with van der Waals surface area (Å²) in [5.41, 5.74) is 1.86. The van der Waals surface area contributed by atoms with Crippen molar-refractivity contribution >= 4 is 32.7 Å². The van der Waals surface area contributed by atoms with Gasteiger partial charge in [-0.05, 0) is 100 Å². The van der Waals surface area contributed by atoms with Crippen LogP contribution in [-0.4, -0.2) is 34.1 Å². The Kier molecular flexibility index (Phi) is 8.42. The topological polar surface area (TPSA) is 130 Å². The quantitative estimate of drug-likeness (QED) is 0.134. The maximum atomic E-state index is 13.7. The summed E-state index contributed by atoms with van der Waals surface area (Å²) in [6.07, 6.45) is 1.45. The molecule has 0 radical (unpaired) electrons. The van der Waals surface area contributed by atoms with Crippen LogP contribution in [0, 0.1) is 13.8 Å². The molecule has 2 heterocycles. The molecule has 48 heavy (non-hydrogen) atoms.